The highest BCUT2D eigenvalue weighted by Crippen LogP contribution is 2.43. The summed E-state index contributed by atoms with van der Waals surface area (Å²) in [5.74, 6) is -2.66. The first-order valence-electron chi connectivity index (χ1n) is 10.7. The van der Waals surface area contributed by atoms with Crippen LogP contribution in [-0.2, 0) is 19.6 Å². The van der Waals surface area contributed by atoms with Crippen LogP contribution in [0, 0.1) is 26.6 Å². The number of amides is 1. The van der Waals surface area contributed by atoms with Crippen molar-refractivity contribution < 1.29 is 27.5 Å². The second kappa shape index (κ2) is 8.75. The number of ketones is 1. The highest BCUT2D eigenvalue weighted by atomic mass is 32.2. The van der Waals surface area contributed by atoms with Crippen LogP contribution in [0.15, 0.2) is 71.1 Å². The first-order chi connectivity index (χ1) is 16.4. The minimum Gasteiger partial charge on any atom is -0.507 e. The summed E-state index contributed by atoms with van der Waals surface area (Å²) in [6, 6.07) is 13.0. The van der Waals surface area contributed by atoms with Crippen molar-refractivity contribution >= 4 is 33.2 Å². The molecule has 0 saturated carbocycles. The zero-order valence-electron chi connectivity index (χ0n) is 19.2. The lowest BCUT2D eigenvalue weighted by Gasteiger charge is -2.26. The molecule has 4 rings (SSSR count). The van der Waals surface area contributed by atoms with Gasteiger partial charge in [-0.05, 0) is 73.9 Å². The van der Waals surface area contributed by atoms with Crippen molar-refractivity contribution in [3.63, 3.8) is 0 Å². The molecule has 1 saturated heterocycles. The number of primary sulfonamides is 1. The lowest BCUT2D eigenvalue weighted by atomic mass is 9.91. The summed E-state index contributed by atoms with van der Waals surface area (Å²) in [4.78, 5) is 27.5. The summed E-state index contributed by atoms with van der Waals surface area (Å²) in [7, 11) is -3.97. The summed E-state index contributed by atoms with van der Waals surface area (Å²) < 4.78 is 37.0. The molecule has 0 aromatic heterocycles. The molecule has 180 valence electrons. The summed E-state index contributed by atoms with van der Waals surface area (Å²) in [5, 5.41) is 16.5. The number of rotatable bonds is 4. The van der Waals surface area contributed by atoms with Crippen LogP contribution in [0.25, 0.3) is 5.76 Å². The Kier molecular flexibility index (Phi) is 6.08. The largest absolute Gasteiger partial charge is 0.507 e. The molecule has 0 radical (unpaired) electrons. The lowest BCUT2D eigenvalue weighted by Crippen LogP contribution is -2.29. The molecule has 3 aromatic carbocycles. The smallest absolute Gasteiger partial charge is 0.300 e. The zero-order valence-corrected chi connectivity index (χ0v) is 20.1. The van der Waals surface area contributed by atoms with E-state index in [4.69, 9.17) is 5.14 Å². The van der Waals surface area contributed by atoms with Crippen LogP contribution in [-0.4, -0.2) is 25.2 Å². The van der Waals surface area contributed by atoms with Crippen molar-refractivity contribution in [3.8, 4) is 0 Å². The summed E-state index contributed by atoms with van der Waals surface area (Å²) in [5.41, 5.74) is 3.32. The number of benzene rings is 3. The highest BCUT2D eigenvalue weighted by molar-refractivity contribution is 7.89. The molecule has 0 bridgehead atoms. The van der Waals surface area contributed by atoms with Crippen LogP contribution in [0.3, 0.4) is 0 Å². The molecule has 1 aliphatic rings. The monoisotopic (exact) mass is 494 g/mol. The minimum atomic E-state index is -3.97. The first-order valence-corrected chi connectivity index (χ1v) is 12.2. The Hall–Kier alpha value is -3.82. The SMILES string of the molecule is Cc1cc(C)c(/C(O)=C2/C(=O)C(=O)N(c3ccc(S(N)(=O)=O)cc3)C2c2ccc(F)cc2)c(C)c1. The fourth-order valence-corrected chi connectivity index (χ4v) is 5.06. The predicted octanol–water partition coefficient (Wildman–Crippen LogP) is 4.02. The molecule has 1 heterocycles. The minimum absolute atomic E-state index is 0.146. The molecule has 1 atom stereocenters. The van der Waals surface area contributed by atoms with Crippen LogP contribution >= 0.6 is 0 Å². The molecule has 7 nitrogen and oxygen atoms in total. The zero-order chi connectivity index (χ0) is 25.7. The number of anilines is 1. The molecule has 1 unspecified atom stereocenters. The Balaban J connectivity index is 1.97. The average molecular weight is 495 g/mol. The summed E-state index contributed by atoms with van der Waals surface area (Å²) >= 11 is 0. The van der Waals surface area contributed by atoms with E-state index in [9.17, 15) is 27.5 Å². The van der Waals surface area contributed by atoms with E-state index >= 15 is 0 Å². The maximum Gasteiger partial charge on any atom is 0.300 e. The Labute approximate surface area is 202 Å². The third-order valence-electron chi connectivity index (χ3n) is 5.99. The van der Waals surface area contributed by atoms with Gasteiger partial charge < -0.3 is 5.11 Å². The highest BCUT2D eigenvalue weighted by Gasteiger charge is 2.47. The maximum atomic E-state index is 13.7. The van der Waals surface area contributed by atoms with Gasteiger partial charge in [0.25, 0.3) is 11.7 Å². The van der Waals surface area contributed by atoms with Crippen LogP contribution in [0.2, 0.25) is 0 Å². The summed E-state index contributed by atoms with van der Waals surface area (Å²) in [6.45, 7) is 5.50. The summed E-state index contributed by atoms with van der Waals surface area (Å²) in [6.07, 6.45) is 0. The average Bonchev–Trinajstić information content (AvgIpc) is 3.03. The fourth-order valence-electron chi connectivity index (χ4n) is 4.54. The molecule has 3 aromatic rings. The predicted molar refractivity (Wildman–Crippen MR) is 130 cm³/mol. The van der Waals surface area contributed by atoms with Crippen molar-refractivity contribution in [2.75, 3.05) is 4.90 Å². The number of hydrogen-bond acceptors (Lipinski definition) is 5. The number of nitrogens with zero attached hydrogens (tertiary/aromatic N) is 1. The van der Waals surface area contributed by atoms with Gasteiger partial charge >= 0.3 is 0 Å². The van der Waals surface area contributed by atoms with Crippen molar-refractivity contribution in [2.45, 2.75) is 31.7 Å². The van der Waals surface area contributed by atoms with Crippen molar-refractivity contribution in [1.29, 1.82) is 0 Å². The van der Waals surface area contributed by atoms with Crippen LogP contribution in [0.4, 0.5) is 10.1 Å². The Morgan fingerprint density at radius 3 is 2.00 bits per heavy atom. The number of nitrogens with two attached hydrogens (primary N) is 1. The van der Waals surface area contributed by atoms with Gasteiger partial charge in [-0.1, -0.05) is 29.8 Å². The molecule has 3 N–H and O–H groups in total. The molecule has 0 aliphatic carbocycles. The van der Waals surface area contributed by atoms with E-state index in [0.29, 0.717) is 11.1 Å². The third-order valence-corrected chi connectivity index (χ3v) is 6.92. The quantitative estimate of drug-likeness (QED) is 0.323. The maximum absolute atomic E-state index is 13.7. The van der Waals surface area contributed by atoms with Gasteiger partial charge in [-0.2, -0.15) is 0 Å². The van der Waals surface area contributed by atoms with Gasteiger partial charge in [0.2, 0.25) is 10.0 Å². The number of sulfonamides is 1. The third kappa shape index (κ3) is 4.36. The number of halogens is 1. The Morgan fingerprint density at radius 1 is 0.943 bits per heavy atom. The van der Waals surface area contributed by atoms with Gasteiger partial charge in [0, 0.05) is 11.3 Å². The van der Waals surface area contributed by atoms with Gasteiger partial charge in [0.1, 0.15) is 11.6 Å². The second-order valence-electron chi connectivity index (χ2n) is 8.53. The van der Waals surface area contributed by atoms with Gasteiger partial charge in [0.15, 0.2) is 0 Å². The van der Waals surface area contributed by atoms with Crippen LogP contribution < -0.4 is 10.0 Å². The standard InChI is InChI=1S/C26H23FN2O5S/c1-14-12-15(2)21(16(3)13-14)24(30)22-23(17-4-6-18(27)7-5-17)29(26(32)25(22)31)19-8-10-20(11-9-19)35(28,33)34/h4-13,23,30H,1-3H3,(H2,28,33,34)/b24-22-. The number of aryl methyl sites for hydroxylation is 3. The molecule has 35 heavy (non-hydrogen) atoms. The first kappa shape index (κ1) is 24.3. The van der Waals surface area contributed by atoms with Gasteiger partial charge in [-0.3, -0.25) is 14.5 Å². The van der Waals surface area contributed by atoms with E-state index in [1.807, 2.05) is 19.1 Å². The van der Waals surface area contributed by atoms with Crippen LogP contribution in [0.5, 0.6) is 0 Å². The number of hydrogen-bond donors (Lipinski definition) is 2. The number of carbonyl (C=O) groups is 2. The topological polar surface area (TPSA) is 118 Å². The van der Waals surface area contributed by atoms with E-state index in [-0.39, 0.29) is 21.9 Å². The van der Waals surface area contributed by atoms with Gasteiger partial charge in [-0.15, -0.1) is 0 Å². The van der Waals surface area contributed by atoms with E-state index in [2.05, 4.69) is 0 Å². The van der Waals surface area contributed by atoms with Crippen molar-refractivity contribution in [3.05, 3.63) is 99.9 Å². The number of Topliss-reactive ketones (excluding diaryl/α,β-unsaturated/α-hetero) is 1. The molecular formula is C26H23FN2O5S. The van der Waals surface area contributed by atoms with E-state index < -0.39 is 33.6 Å². The van der Waals surface area contributed by atoms with Crippen molar-refractivity contribution in [2.24, 2.45) is 5.14 Å². The molecule has 1 amide bonds. The Bertz CT molecular complexity index is 1470. The van der Waals surface area contributed by atoms with Gasteiger partial charge in [0.05, 0.1) is 16.5 Å². The molecular weight excluding hydrogens is 471 g/mol. The normalized spacial score (nSPS) is 17.7. The molecule has 1 fully saturated rings. The van der Waals surface area contributed by atoms with E-state index in [1.165, 1.54) is 48.5 Å². The number of aliphatic hydroxyl groups excluding tert-OH is 1. The molecule has 0 spiro atoms. The van der Waals surface area contributed by atoms with E-state index in [1.54, 1.807) is 13.8 Å². The van der Waals surface area contributed by atoms with E-state index in [0.717, 1.165) is 21.6 Å². The molecule has 9 heteroatoms. The number of carbonyl (C=O) groups excluding carboxylic acids is 2. The van der Waals surface area contributed by atoms with Gasteiger partial charge in [-0.25, -0.2) is 17.9 Å². The van der Waals surface area contributed by atoms with Crippen molar-refractivity contribution in [1.82, 2.24) is 0 Å². The van der Waals surface area contributed by atoms with Crippen LogP contribution in [0.1, 0.15) is 33.9 Å². The molecule has 1 aliphatic heterocycles. The fraction of sp³-hybridized carbons (Fsp3) is 0.154. The second-order valence-corrected chi connectivity index (χ2v) is 10.1. The lowest BCUT2D eigenvalue weighted by molar-refractivity contribution is -0.132. The Morgan fingerprint density at radius 2 is 1.49 bits per heavy atom. The number of aliphatic hydroxyl groups is 1.